The normalized spacial score (nSPS) is 13.7. The van der Waals surface area contributed by atoms with Gasteiger partial charge >= 0.3 is 5.97 Å². The summed E-state index contributed by atoms with van der Waals surface area (Å²) < 4.78 is 0. The number of guanidine groups is 1. The molecule has 3 unspecified atom stereocenters. The summed E-state index contributed by atoms with van der Waals surface area (Å²) in [6.07, 6.45) is 5.86. The number of carbonyl (C=O) groups excluding carboxylic acids is 2. The lowest BCUT2D eigenvalue weighted by atomic mass is 10.1. The smallest absolute Gasteiger partial charge is 0.326 e. The maximum atomic E-state index is 12.7. The molecular weight excluding hydrogens is 412 g/mol. The van der Waals surface area contributed by atoms with Crippen molar-refractivity contribution in [3.8, 4) is 0 Å². The van der Waals surface area contributed by atoms with Crippen LogP contribution in [0.15, 0.2) is 17.5 Å². The summed E-state index contributed by atoms with van der Waals surface area (Å²) in [5, 5.41) is 14.5. The summed E-state index contributed by atoms with van der Waals surface area (Å²) in [5.74, 6) is -1.70. The number of amides is 2. The molecular formula is C17H30N8O4S. The summed E-state index contributed by atoms with van der Waals surface area (Å²) in [7, 11) is 0. The highest BCUT2D eigenvalue weighted by molar-refractivity contribution is 7.98. The second kappa shape index (κ2) is 13.4. The monoisotopic (exact) mass is 442 g/mol. The summed E-state index contributed by atoms with van der Waals surface area (Å²) in [5.41, 5.74) is 17.0. The first-order chi connectivity index (χ1) is 14.2. The van der Waals surface area contributed by atoms with Crippen LogP contribution in [0.4, 0.5) is 0 Å². The van der Waals surface area contributed by atoms with Crippen LogP contribution in [-0.4, -0.2) is 75.5 Å². The molecule has 10 N–H and O–H groups in total. The molecule has 2 amide bonds. The Hall–Kier alpha value is -2.80. The molecule has 0 saturated heterocycles. The van der Waals surface area contributed by atoms with E-state index in [1.54, 1.807) is 11.8 Å². The number of nitrogens with two attached hydrogens (primary N) is 3. The number of H-pyrrole nitrogens is 1. The van der Waals surface area contributed by atoms with E-state index in [4.69, 9.17) is 17.2 Å². The van der Waals surface area contributed by atoms with Gasteiger partial charge in [-0.05, 0) is 31.3 Å². The van der Waals surface area contributed by atoms with E-state index < -0.39 is 35.9 Å². The minimum atomic E-state index is -1.21. The lowest BCUT2D eigenvalue weighted by Gasteiger charge is -2.22. The number of aliphatic imine (C=N–C) groups is 1. The van der Waals surface area contributed by atoms with Crippen LogP contribution in [0.5, 0.6) is 0 Å². The van der Waals surface area contributed by atoms with Crippen LogP contribution >= 0.6 is 11.8 Å². The Labute approximate surface area is 178 Å². The van der Waals surface area contributed by atoms with Gasteiger partial charge in [0.1, 0.15) is 12.1 Å². The fraction of sp³-hybridized carbons (Fsp3) is 0.588. The topological polar surface area (TPSA) is 215 Å². The van der Waals surface area contributed by atoms with Crippen LogP contribution in [0.3, 0.4) is 0 Å². The molecule has 12 nitrogen and oxygen atoms in total. The van der Waals surface area contributed by atoms with Crippen LogP contribution in [0.1, 0.15) is 25.0 Å². The molecule has 1 rings (SSSR count). The second-order valence-corrected chi connectivity index (χ2v) is 7.56. The average molecular weight is 443 g/mol. The zero-order chi connectivity index (χ0) is 22.5. The third kappa shape index (κ3) is 9.60. The molecule has 0 spiro atoms. The van der Waals surface area contributed by atoms with Gasteiger partial charge in [-0.2, -0.15) is 11.8 Å². The fourth-order valence-corrected chi connectivity index (χ4v) is 3.01. The van der Waals surface area contributed by atoms with Gasteiger partial charge in [-0.3, -0.25) is 14.6 Å². The van der Waals surface area contributed by atoms with Gasteiger partial charge in [-0.25, -0.2) is 9.78 Å². The Morgan fingerprint density at radius 2 is 1.93 bits per heavy atom. The molecule has 0 saturated carbocycles. The van der Waals surface area contributed by atoms with Crippen molar-refractivity contribution in [3.63, 3.8) is 0 Å². The fourth-order valence-electron chi connectivity index (χ4n) is 2.52. The van der Waals surface area contributed by atoms with E-state index >= 15 is 0 Å². The van der Waals surface area contributed by atoms with Crippen molar-refractivity contribution in [1.82, 2.24) is 20.6 Å². The van der Waals surface area contributed by atoms with E-state index in [1.165, 1.54) is 12.5 Å². The molecule has 1 aromatic heterocycles. The molecule has 1 aromatic rings. The van der Waals surface area contributed by atoms with Crippen LogP contribution in [0.2, 0.25) is 0 Å². The number of imidazole rings is 1. The van der Waals surface area contributed by atoms with Gasteiger partial charge in [-0.15, -0.1) is 0 Å². The summed E-state index contributed by atoms with van der Waals surface area (Å²) in [4.78, 5) is 47.1. The van der Waals surface area contributed by atoms with Crippen molar-refractivity contribution in [3.05, 3.63) is 18.2 Å². The van der Waals surface area contributed by atoms with Crippen LogP contribution in [0, 0.1) is 0 Å². The number of carboxylic acid groups (broad SMARTS) is 1. The minimum absolute atomic E-state index is 0.0168. The molecule has 0 aromatic carbocycles. The van der Waals surface area contributed by atoms with Crippen LogP contribution in [0.25, 0.3) is 0 Å². The average Bonchev–Trinajstić information content (AvgIpc) is 3.20. The number of thioether (sulfide) groups is 1. The van der Waals surface area contributed by atoms with Gasteiger partial charge < -0.3 is 37.9 Å². The molecule has 0 aliphatic carbocycles. The zero-order valence-corrected chi connectivity index (χ0v) is 17.7. The lowest BCUT2D eigenvalue weighted by molar-refractivity contribution is -0.142. The van der Waals surface area contributed by atoms with Crippen LogP contribution in [-0.2, 0) is 20.8 Å². The van der Waals surface area contributed by atoms with Crippen molar-refractivity contribution in [2.45, 2.75) is 43.8 Å². The van der Waals surface area contributed by atoms with E-state index in [-0.39, 0.29) is 25.3 Å². The number of hydrogen-bond donors (Lipinski definition) is 7. The first-order valence-corrected chi connectivity index (χ1v) is 10.7. The van der Waals surface area contributed by atoms with Crippen molar-refractivity contribution in [1.29, 1.82) is 0 Å². The van der Waals surface area contributed by atoms with E-state index in [0.717, 1.165) is 0 Å². The number of aromatic amines is 1. The number of hydrogen-bond acceptors (Lipinski definition) is 7. The molecule has 13 heteroatoms. The standard InChI is InChI=1S/C17H30N8O4S/c1-30-6-4-11(18)14(26)24-12(3-2-5-22-17(19)20)15(27)25-13(16(28)29)7-10-8-21-9-23-10/h8-9,11-13H,2-7,18H2,1H3,(H,21,23)(H,24,26)(H,25,27)(H,28,29)(H4,19,20,22). The molecule has 0 aliphatic heterocycles. The third-order valence-corrected chi connectivity index (χ3v) is 4.79. The maximum Gasteiger partial charge on any atom is 0.326 e. The molecule has 3 atom stereocenters. The van der Waals surface area contributed by atoms with Crippen LogP contribution < -0.4 is 27.8 Å². The SMILES string of the molecule is CSCCC(N)C(=O)NC(CCCN=C(N)N)C(=O)NC(Cc1cnc[nH]1)C(=O)O. The Morgan fingerprint density at radius 3 is 2.50 bits per heavy atom. The van der Waals surface area contributed by atoms with Crippen molar-refractivity contribution >= 4 is 35.5 Å². The number of carboxylic acids is 1. The summed E-state index contributed by atoms with van der Waals surface area (Å²) in [6, 6.07) is -2.94. The second-order valence-electron chi connectivity index (χ2n) is 6.58. The predicted octanol–water partition coefficient (Wildman–Crippen LogP) is -1.86. The number of nitrogens with zero attached hydrogens (tertiary/aromatic N) is 2. The highest BCUT2D eigenvalue weighted by Crippen LogP contribution is 2.05. The largest absolute Gasteiger partial charge is 0.480 e. The molecule has 0 aliphatic rings. The Kier molecular flexibility index (Phi) is 11.3. The molecule has 1 heterocycles. The first-order valence-electron chi connectivity index (χ1n) is 9.35. The molecule has 0 radical (unpaired) electrons. The van der Waals surface area contributed by atoms with E-state index in [0.29, 0.717) is 24.3 Å². The van der Waals surface area contributed by atoms with Gasteiger partial charge in [0.05, 0.1) is 12.4 Å². The van der Waals surface area contributed by atoms with E-state index in [2.05, 4.69) is 25.6 Å². The molecule has 30 heavy (non-hydrogen) atoms. The molecule has 0 fully saturated rings. The number of aromatic nitrogens is 2. The number of nitrogens with one attached hydrogen (secondary N) is 3. The minimum Gasteiger partial charge on any atom is -0.480 e. The lowest BCUT2D eigenvalue weighted by Crippen LogP contribution is -2.55. The van der Waals surface area contributed by atoms with Crippen molar-refractivity contribution < 1.29 is 19.5 Å². The highest BCUT2D eigenvalue weighted by Gasteiger charge is 2.28. The summed E-state index contributed by atoms with van der Waals surface area (Å²) in [6.45, 7) is 0.261. The number of aliphatic carboxylic acids is 1. The van der Waals surface area contributed by atoms with Gasteiger partial charge in [0, 0.05) is 24.9 Å². The Morgan fingerprint density at radius 1 is 1.23 bits per heavy atom. The van der Waals surface area contributed by atoms with Crippen molar-refractivity contribution in [2.75, 3.05) is 18.6 Å². The van der Waals surface area contributed by atoms with Gasteiger partial charge in [0.2, 0.25) is 11.8 Å². The van der Waals surface area contributed by atoms with E-state index in [1.807, 2.05) is 6.26 Å². The molecule has 0 bridgehead atoms. The Bertz CT molecular complexity index is 709. The predicted molar refractivity (Wildman–Crippen MR) is 115 cm³/mol. The summed E-state index contributed by atoms with van der Waals surface area (Å²) >= 11 is 1.55. The molecule has 168 valence electrons. The quantitative estimate of drug-likeness (QED) is 0.0975. The van der Waals surface area contributed by atoms with E-state index in [9.17, 15) is 19.5 Å². The maximum absolute atomic E-state index is 12.7. The first kappa shape index (κ1) is 25.2. The van der Waals surface area contributed by atoms with Gasteiger partial charge in [-0.1, -0.05) is 0 Å². The van der Waals surface area contributed by atoms with Gasteiger partial charge in [0.15, 0.2) is 5.96 Å². The zero-order valence-electron chi connectivity index (χ0n) is 16.8. The van der Waals surface area contributed by atoms with Crippen molar-refractivity contribution in [2.24, 2.45) is 22.2 Å². The Balaban J connectivity index is 2.80. The number of carbonyl (C=O) groups is 3. The number of rotatable bonds is 14. The third-order valence-electron chi connectivity index (χ3n) is 4.14. The van der Waals surface area contributed by atoms with Gasteiger partial charge in [0.25, 0.3) is 0 Å². The highest BCUT2D eigenvalue weighted by atomic mass is 32.2.